The fourth-order valence-electron chi connectivity index (χ4n) is 4.43. The van der Waals surface area contributed by atoms with Crippen LogP contribution in [-0.2, 0) is 0 Å². The molecular weight excluding hydrogens is 208 g/mol. The van der Waals surface area contributed by atoms with Crippen molar-refractivity contribution in [1.82, 2.24) is 10.6 Å². The van der Waals surface area contributed by atoms with Crippen molar-refractivity contribution < 1.29 is 0 Å². The monoisotopic (exact) mass is 236 g/mol. The largest absolute Gasteiger partial charge is 0.314 e. The standard InChI is InChI=1S/C15H28N2/c1-11(8-14-4-2-3-7-16-14)17-15-10-12-5-6-13(15)9-12/h11-17H,2-10H2,1H3. The molecule has 2 nitrogen and oxygen atoms in total. The Bertz CT molecular complexity index is 247. The Morgan fingerprint density at radius 2 is 2.12 bits per heavy atom. The Labute approximate surface area is 106 Å². The summed E-state index contributed by atoms with van der Waals surface area (Å²) < 4.78 is 0. The number of nitrogens with one attached hydrogen (secondary N) is 2. The van der Waals surface area contributed by atoms with Crippen LogP contribution >= 0.6 is 0 Å². The van der Waals surface area contributed by atoms with E-state index >= 15 is 0 Å². The van der Waals surface area contributed by atoms with Crippen molar-refractivity contribution in [1.29, 1.82) is 0 Å². The average molecular weight is 236 g/mol. The number of hydrogen-bond acceptors (Lipinski definition) is 2. The van der Waals surface area contributed by atoms with Crippen molar-refractivity contribution in [2.24, 2.45) is 11.8 Å². The van der Waals surface area contributed by atoms with Crippen molar-refractivity contribution in [2.45, 2.75) is 76.4 Å². The molecule has 2 aliphatic carbocycles. The fraction of sp³-hybridized carbons (Fsp3) is 1.00. The maximum Gasteiger partial charge on any atom is 0.0101 e. The summed E-state index contributed by atoms with van der Waals surface area (Å²) in [5.41, 5.74) is 0. The fourth-order valence-corrected chi connectivity index (χ4v) is 4.43. The van der Waals surface area contributed by atoms with Gasteiger partial charge in [0.25, 0.3) is 0 Å². The molecule has 0 aromatic heterocycles. The quantitative estimate of drug-likeness (QED) is 0.784. The normalized spacial score (nSPS) is 42.9. The zero-order valence-corrected chi connectivity index (χ0v) is 11.3. The van der Waals surface area contributed by atoms with Crippen LogP contribution in [0.25, 0.3) is 0 Å². The summed E-state index contributed by atoms with van der Waals surface area (Å²) >= 11 is 0. The van der Waals surface area contributed by atoms with Crippen molar-refractivity contribution >= 4 is 0 Å². The third-order valence-corrected chi connectivity index (χ3v) is 5.29. The van der Waals surface area contributed by atoms with Crippen molar-refractivity contribution in [2.75, 3.05) is 6.54 Å². The highest BCUT2D eigenvalue weighted by atomic mass is 15.0. The summed E-state index contributed by atoms with van der Waals surface area (Å²) in [4.78, 5) is 0. The lowest BCUT2D eigenvalue weighted by Crippen LogP contribution is -2.44. The second-order valence-electron chi connectivity index (χ2n) is 6.73. The van der Waals surface area contributed by atoms with Gasteiger partial charge in [0.05, 0.1) is 0 Å². The number of rotatable bonds is 4. The van der Waals surface area contributed by atoms with E-state index in [-0.39, 0.29) is 0 Å². The summed E-state index contributed by atoms with van der Waals surface area (Å²) in [6.45, 7) is 3.63. The molecule has 0 aromatic rings. The van der Waals surface area contributed by atoms with E-state index < -0.39 is 0 Å². The lowest BCUT2D eigenvalue weighted by atomic mass is 9.93. The number of hydrogen-bond donors (Lipinski definition) is 2. The van der Waals surface area contributed by atoms with Crippen LogP contribution in [0.2, 0.25) is 0 Å². The van der Waals surface area contributed by atoms with Gasteiger partial charge in [0, 0.05) is 18.1 Å². The van der Waals surface area contributed by atoms with Gasteiger partial charge in [-0.2, -0.15) is 0 Å². The molecule has 0 spiro atoms. The van der Waals surface area contributed by atoms with Crippen LogP contribution in [0.15, 0.2) is 0 Å². The van der Waals surface area contributed by atoms with E-state index in [0.29, 0.717) is 6.04 Å². The van der Waals surface area contributed by atoms with Crippen LogP contribution in [-0.4, -0.2) is 24.7 Å². The SMILES string of the molecule is CC(CC1CCCCN1)NC1CC2CCC1C2. The molecule has 1 heterocycles. The Morgan fingerprint density at radius 1 is 1.18 bits per heavy atom. The van der Waals surface area contributed by atoms with Crippen LogP contribution in [0, 0.1) is 11.8 Å². The van der Waals surface area contributed by atoms with Crippen molar-refractivity contribution in [3.8, 4) is 0 Å². The first-order valence-corrected chi connectivity index (χ1v) is 7.80. The summed E-state index contributed by atoms with van der Waals surface area (Å²) in [5, 5.41) is 7.59. The Hall–Kier alpha value is -0.0800. The van der Waals surface area contributed by atoms with Gasteiger partial charge in [0.1, 0.15) is 0 Å². The molecule has 2 bridgehead atoms. The highest BCUT2D eigenvalue weighted by Gasteiger charge is 2.39. The van der Waals surface area contributed by atoms with Gasteiger partial charge in [-0.05, 0) is 63.8 Å². The molecule has 2 saturated carbocycles. The zero-order valence-electron chi connectivity index (χ0n) is 11.3. The highest BCUT2D eigenvalue weighted by molar-refractivity contribution is 4.95. The summed E-state index contributed by atoms with van der Waals surface area (Å²) in [6.07, 6.45) is 11.5. The average Bonchev–Trinajstić information content (AvgIpc) is 2.92. The van der Waals surface area contributed by atoms with Crippen molar-refractivity contribution in [3.63, 3.8) is 0 Å². The second kappa shape index (κ2) is 5.27. The molecule has 5 atom stereocenters. The lowest BCUT2D eigenvalue weighted by molar-refractivity contribution is 0.287. The smallest absolute Gasteiger partial charge is 0.0101 e. The van der Waals surface area contributed by atoms with E-state index in [1.807, 2.05) is 0 Å². The number of piperidine rings is 1. The van der Waals surface area contributed by atoms with E-state index in [9.17, 15) is 0 Å². The molecule has 5 unspecified atom stereocenters. The van der Waals surface area contributed by atoms with Gasteiger partial charge >= 0.3 is 0 Å². The Morgan fingerprint density at radius 3 is 2.76 bits per heavy atom. The molecule has 17 heavy (non-hydrogen) atoms. The van der Waals surface area contributed by atoms with Crippen molar-refractivity contribution in [3.05, 3.63) is 0 Å². The topological polar surface area (TPSA) is 24.1 Å². The summed E-state index contributed by atoms with van der Waals surface area (Å²) in [6, 6.07) is 2.34. The minimum Gasteiger partial charge on any atom is -0.314 e. The maximum absolute atomic E-state index is 3.92. The van der Waals surface area contributed by atoms with Gasteiger partial charge in [-0.25, -0.2) is 0 Å². The lowest BCUT2D eigenvalue weighted by Gasteiger charge is -2.31. The van der Waals surface area contributed by atoms with E-state index in [1.165, 1.54) is 57.9 Å². The predicted molar refractivity (Wildman–Crippen MR) is 72.1 cm³/mol. The molecule has 2 N–H and O–H groups in total. The van der Waals surface area contributed by atoms with Crippen LogP contribution < -0.4 is 10.6 Å². The summed E-state index contributed by atoms with van der Waals surface area (Å²) in [7, 11) is 0. The molecular formula is C15H28N2. The van der Waals surface area contributed by atoms with Gasteiger partial charge in [0.15, 0.2) is 0 Å². The molecule has 0 amide bonds. The molecule has 2 heteroatoms. The van der Waals surface area contributed by atoms with Crippen LogP contribution in [0.3, 0.4) is 0 Å². The van der Waals surface area contributed by atoms with E-state index in [4.69, 9.17) is 0 Å². The molecule has 3 rings (SSSR count). The van der Waals surface area contributed by atoms with Crippen LogP contribution in [0.1, 0.15) is 58.3 Å². The van der Waals surface area contributed by atoms with Gasteiger partial charge < -0.3 is 10.6 Å². The first-order valence-electron chi connectivity index (χ1n) is 7.80. The zero-order chi connectivity index (χ0) is 11.7. The molecule has 0 radical (unpaired) electrons. The van der Waals surface area contributed by atoms with Gasteiger partial charge in [-0.3, -0.25) is 0 Å². The molecule has 1 aliphatic heterocycles. The highest BCUT2D eigenvalue weighted by Crippen LogP contribution is 2.44. The van der Waals surface area contributed by atoms with Gasteiger partial charge in [0.2, 0.25) is 0 Å². The first kappa shape index (κ1) is 12.0. The van der Waals surface area contributed by atoms with E-state index in [0.717, 1.165) is 23.9 Å². The second-order valence-corrected chi connectivity index (χ2v) is 6.73. The van der Waals surface area contributed by atoms with E-state index in [1.54, 1.807) is 0 Å². The third kappa shape index (κ3) is 2.85. The third-order valence-electron chi connectivity index (χ3n) is 5.29. The minimum atomic E-state index is 0.704. The molecule has 1 saturated heterocycles. The molecule has 0 aromatic carbocycles. The minimum absolute atomic E-state index is 0.704. The molecule has 3 fully saturated rings. The van der Waals surface area contributed by atoms with Crippen LogP contribution in [0.5, 0.6) is 0 Å². The first-order chi connectivity index (χ1) is 8.31. The molecule has 3 aliphatic rings. The molecule has 98 valence electrons. The Balaban J connectivity index is 1.42. The predicted octanol–water partition coefficient (Wildman–Crippen LogP) is 2.69. The van der Waals surface area contributed by atoms with E-state index in [2.05, 4.69) is 17.6 Å². The van der Waals surface area contributed by atoms with Gasteiger partial charge in [-0.1, -0.05) is 12.8 Å². The summed E-state index contributed by atoms with van der Waals surface area (Å²) in [5.74, 6) is 2.08. The Kier molecular flexibility index (Phi) is 3.72. The van der Waals surface area contributed by atoms with Crippen LogP contribution in [0.4, 0.5) is 0 Å². The maximum atomic E-state index is 3.92. The van der Waals surface area contributed by atoms with Gasteiger partial charge in [-0.15, -0.1) is 0 Å². The number of fused-ring (bicyclic) bond motifs is 2.